The van der Waals surface area contributed by atoms with Crippen LogP contribution in [0.15, 0.2) is 59.1 Å². The van der Waals surface area contributed by atoms with E-state index in [9.17, 15) is 9.59 Å². The van der Waals surface area contributed by atoms with E-state index in [1.54, 1.807) is 12.1 Å². The highest BCUT2D eigenvalue weighted by Gasteiger charge is 2.44. The SMILES string of the molecule is NC(=O)C(NC(=O)[C@@H]1C[C@H]1c1cccc(Br)c1)c1ccccc1. The Morgan fingerprint density at radius 2 is 1.87 bits per heavy atom. The molecular weight excluding hydrogens is 356 g/mol. The van der Waals surface area contributed by atoms with Gasteiger partial charge in [0.05, 0.1) is 0 Å². The molecule has 23 heavy (non-hydrogen) atoms. The summed E-state index contributed by atoms with van der Waals surface area (Å²) >= 11 is 3.44. The summed E-state index contributed by atoms with van der Waals surface area (Å²) in [6, 6.07) is 16.2. The second kappa shape index (κ2) is 6.54. The molecule has 0 aromatic heterocycles. The normalized spacial score (nSPS) is 20.6. The van der Waals surface area contributed by atoms with Gasteiger partial charge in [0.1, 0.15) is 6.04 Å². The van der Waals surface area contributed by atoms with Crippen molar-refractivity contribution in [2.45, 2.75) is 18.4 Å². The molecule has 4 nitrogen and oxygen atoms in total. The van der Waals surface area contributed by atoms with E-state index in [0.717, 1.165) is 16.5 Å². The fourth-order valence-electron chi connectivity index (χ4n) is 2.80. The van der Waals surface area contributed by atoms with Crippen molar-refractivity contribution in [3.05, 3.63) is 70.2 Å². The minimum Gasteiger partial charge on any atom is -0.368 e. The molecule has 0 saturated heterocycles. The summed E-state index contributed by atoms with van der Waals surface area (Å²) in [5.74, 6) is -0.571. The van der Waals surface area contributed by atoms with E-state index in [0.29, 0.717) is 5.56 Å². The third-order valence-electron chi connectivity index (χ3n) is 4.11. The smallest absolute Gasteiger partial charge is 0.244 e. The van der Waals surface area contributed by atoms with Crippen LogP contribution in [-0.2, 0) is 9.59 Å². The second-order valence-electron chi connectivity index (χ2n) is 5.76. The van der Waals surface area contributed by atoms with E-state index >= 15 is 0 Å². The predicted molar refractivity (Wildman–Crippen MR) is 91.5 cm³/mol. The maximum absolute atomic E-state index is 12.4. The predicted octanol–water partition coefficient (Wildman–Crippen LogP) is 2.90. The van der Waals surface area contributed by atoms with Gasteiger partial charge in [0, 0.05) is 10.4 Å². The summed E-state index contributed by atoms with van der Waals surface area (Å²) in [4.78, 5) is 24.1. The van der Waals surface area contributed by atoms with Gasteiger partial charge in [0.2, 0.25) is 11.8 Å². The fraction of sp³-hybridized carbons (Fsp3) is 0.222. The monoisotopic (exact) mass is 372 g/mol. The number of hydrogen-bond donors (Lipinski definition) is 2. The van der Waals surface area contributed by atoms with Crippen LogP contribution in [0, 0.1) is 5.92 Å². The number of carbonyl (C=O) groups excluding carboxylic acids is 2. The van der Waals surface area contributed by atoms with Gasteiger partial charge in [-0.3, -0.25) is 9.59 Å². The van der Waals surface area contributed by atoms with Crippen molar-refractivity contribution < 1.29 is 9.59 Å². The van der Waals surface area contributed by atoms with Gasteiger partial charge in [0.25, 0.3) is 0 Å². The maximum Gasteiger partial charge on any atom is 0.244 e. The Kier molecular flexibility index (Phi) is 4.48. The van der Waals surface area contributed by atoms with Gasteiger partial charge in [-0.05, 0) is 35.6 Å². The zero-order valence-electron chi connectivity index (χ0n) is 12.4. The summed E-state index contributed by atoms with van der Waals surface area (Å²) < 4.78 is 1.00. The first kappa shape index (κ1) is 15.7. The molecule has 2 amide bonds. The number of primary amides is 1. The Balaban J connectivity index is 1.68. The molecule has 1 aliphatic rings. The van der Waals surface area contributed by atoms with E-state index in [1.807, 2.05) is 42.5 Å². The molecule has 3 rings (SSSR count). The summed E-state index contributed by atoms with van der Waals surface area (Å²) in [6.07, 6.45) is 0.794. The minimum atomic E-state index is -0.785. The number of nitrogens with one attached hydrogen (secondary N) is 1. The molecular formula is C18H17BrN2O2. The lowest BCUT2D eigenvalue weighted by molar-refractivity contribution is -0.128. The molecule has 1 saturated carbocycles. The zero-order valence-corrected chi connectivity index (χ0v) is 14.0. The van der Waals surface area contributed by atoms with Crippen molar-refractivity contribution in [3.63, 3.8) is 0 Å². The van der Waals surface area contributed by atoms with Crippen LogP contribution >= 0.6 is 15.9 Å². The van der Waals surface area contributed by atoms with Crippen molar-refractivity contribution in [3.8, 4) is 0 Å². The van der Waals surface area contributed by atoms with Gasteiger partial charge in [-0.1, -0.05) is 58.4 Å². The molecule has 2 aromatic carbocycles. The standard InChI is InChI=1S/C18H17BrN2O2/c19-13-8-4-7-12(9-13)14-10-15(14)18(23)21-16(17(20)22)11-5-2-1-3-6-11/h1-9,14-16H,10H2,(H2,20,22)(H,21,23)/t14-,15+,16?/m0/s1. The van der Waals surface area contributed by atoms with Gasteiger partial charge in [-0.2, -0.15) is 0 Å². The average Bonchev–Trinajstić information content (AvgIpc) is 3.33. The van der Waals surface area contributed by atoms with E-state index in [-0.39, 0.29) is 17.7 Å². The molecule has 5 heteroatoms. The first-order chi connectivity index (χ1) is 11.1. The second-order valence-corrected chi connectivity index (χ2v) is 6.67. The number of nitrogens with two attached hydrogens (primary N) is 1. The Morgan fingerprint density at radius 1 is 1.13 bits per heavy atom. The highest BCUT2D eigenvalue weighted by molar-refractivity contribution is 9.10. The van der Waals surface area contributed by atoms with E-state index in [1.165, 1.54) is 0 Å². The van der Waals surface area contributed by atoms with Gasteiger partial charge < -0.3 is 11.1 Å². The Bertz CT molecular complexity index is 733. The number of carbonyl (C=O) groups is 2. The highest BCUT2D eigenvalue weighted by Crippen LogP contribution is 2.48. The molecule has 1 fully saturated rings. The third kappa shape index (κ3) is 3.62. The van der Waals surface area contributed by atoms with Crippen LogP contribution in [0.25, 0.3) is 0 Å². The van der Waals surface area contributed by atoms with Crippen LogP contribution in [0.2, 0.25) is 0 Å². The lowest BCUT2D eigenvalue weighted by Gasteiger charge is -2.16. The van der Waals surface area contributed by atoms with E-state index in [2.05, 4.69) is 21.2 Å². The van der Waals surface area contributed by atoms with Crippen LogP contribution in [0.5, 0.6) is 0 Å². The minimum absolute atomic E-state index is 0.102. The maximum atomic E-state index is 12.4. The van der Waals surface area contributed by atoms with Gasteiger partial charge in [-0.25, -0.2) is 0 Å². The first-order valence-electron chi connectivity index (χ1n) is 7.46. The van der Waals surface area contributed by atoms with Crippen molar-refractivity contribution in [2.75, 3.05) is 0 Å². The first-order valence-corrected chi connectivity index (χ1v) is 8.25. The van der Waals surface area contributed by atoms with Crippen LogP contribution in [0.3, 0.4) is 0 Å². The third-order valence-corrected chi connectivity index (χ3v) is 4.60. The largest absolute Gasteiger partial charge is 0.368 e. The molecule has 1 unspecified atom stereocenters. The molecule has 3 N–H and O–H groups in total. The van der Waals surface area contributed by atoms with Crippen molar-refractivity contribution >= 4 is 27.7 Å². The Morgan fingerprint density at radius 3 is 2.52 bits per heavy atom. The Labute approximate surface area is 143 Å². The molecule has 1 aliphatic carbocycles. The molecule has 118 valence electrons. The Hall–Kier alpha value is -2.14. The molecule has 0 aliphatic heterocycles. The average molecular weight is 373 g/mol. The van der Waals surface area contributed by atoms with E-state index in [4.69, 9.17) is 5.73 Å². The van der Waals surface area contributed by atoms with Crippen LogP contribution < -0.4 is 11.1 Å². The zero-order chi connectivity index (χ0) is 16.4. The number of rotatable bonds is 5. The molecule has 0 radical (unpaired) electrons. The van der Waals surface area contributed by atoms with Crippen molar-refractivity contribution in [1.29, 1.82) is 0 Å². The fourth-order valence-corrected chi connectivity index (χ4v) is 3.22. The summed E-state index contributed by atoms with van der Waals surface area (Å²) in [6.45, 7) is 0. The van der Waals surface area contributed by atoms with Gasteiger partial charge >= 0.3 is 0 Å². The quantitative estimate of drug-likeness (QED) is 0.846. The molecule has 0 bridgehead atoms. The van der Waals surface area contributed by atoms with E-state index < -0.39 is 11.9 Å². The summed E-state index contributed by atoms with van der Waals surface area (Å²) in [5, 5.41) is 2.78. The lowest BCUT2D eigenvalue weighted by Crippen LogP contribution is -2.38. The number of halogens is 1. The highest BCUT2D eigenvalue weighted by atomic mass is 79.9. The van der Waals surface area contributed by atoms with Crippen molar-refractivity contribution in [2.24, 2.45) is 11.7 Å². The van der Waals surface area contributed by atoms with Gasteiger partial charge in [-0.15, -0.1) is 0 Å². The lowest BCUT2D eigenvalue weighted by atomic mass is 10.1. The summed E-state index contributed by atoms with van der Waals surface area (Å²) in [5.41, 5.74) is 7.28. The summed E-state index contributed by atoms with van der Waals surface area (Å²) in [7, 11) is 0. The number of benzene rings is 2. The van der Waals surface area contributed by atoms with Crippen LogP contribution in [0.4, 0.5) is 0 Å². The topological polar surface area (TPSA) is 72.2 Å². The molecule has 0 spiro atoms. The van der Waals surface area contributed by atoms with Crippen molar-refractivity contribution in [1.82, 2.24) is 5.32 Å². The van der Waals surface area contributed by atoms with Gasteiger partial charge in [0.15, 0.2) is 0 Å². The number of hydrogen-bond acceptors (Lipinski definition) is 2. The molecule has 3 atom stereocenters. The molecule has 0 heterocycles. The number of amides is 2. The van der Waals surface area contributed by atoms with Crippen LogP contribution in [0.1, 0.15) is 29.5 Å². The van der Waals surface area contributed by atoms with Crippen LogP contribution in [-0.4, -0.2) is 11.8 Å². The molecule has 2 aromatic rings.